The Balaban J connectivity index is 1.48. The summed E-state index contributed by atoms with van der Waals surface area (Å²) in [5.74, 6) is -1.75. The maximum Gasteiger partial charge on any atom is 0.404 e. The van der Waals surface area contributed by atoms with Crippen LogP contribution in [-0.4, -0.2) is 64.5 Å². The number of amides is 2. The van der Waals surface area contributed by atoms with Crippen LogP contribution in [0.5, 0.6) is 0 Å². The second-order valence-electron chi connectivity index (χ2n) is 7.19. The molecule has 0 spiro atoms. The van der Waals surface area contributed by atoms with Gasteiger partial charge in [-0.15, -0.1) is 0 Å². The van der Waals surface area contributed by atoms with Gasteiger partial charge in [0.25, 0.3) is 0 Å². The van der Waals surface area contributed by atoms with Crippen molar-refractivity contribution in [3.8, 4) is 0 Å². The summed E-state index contributed by atoms with van der Waals surface area (Å²) in [6.07, 6.45) is 0. The van der Waals surface area contributed by atoms with Crippen molar-refractivity contribution in [3.63, 3.8) is 0 Å². The molecule has 35 heavy (non-hydrogen) atoms. The van der Waals surface area contributed by atoms with Crippen LogP contribution < -0.4 is 10.6 Å². The topological polar surface area (TPSA) is 219 Å². The van der Waals surface area contributed by atoms with Crippen molar-refractivity contribution >= 4 is 39.2 Å². The van der Waals surface area contributed by atoms with E-state index in [0.29, 0.717) is 5.69 Å². The van der Waals surface area contributed by atoms with Crippen molar-refractivity contribution in [3.05, 3.63) is 53.5 Å². The molecular formula is C17H19BrN10O7. The van der Waals surface area contributed by atoms with Gasteiger partial charge in [-0.1, -0.05) is 5.16 Å². The minimum Gasteiger partial charge on any atom is -0.358 e. The van der Waals surface area contributed by atoms with Gasteiger partial charge < -0.3 is 25.3 Å². The third kappa shape index (κ3) is 5.65. The number of nitrogens with one attached hydrogen (secondary N) is 2. The second kappa shape index (κ2) is 10.4. The molecule has 0 radical (unpaired) electrons. The maximum atomic E-state index is 12.2. The normalized spacial score (nSPS) is 10.9. The third-order valence-corrected chi connectivity index (χ3v) is 5.72. The molecule has 0 fully saturated rings. The first-order valence-corrected chi connectivity index (χ1v) is 10.7. The summed E-state index contributed by atoms with van der Waals surface area (Å²) in [4.78, 5) is 49.1. The highest BCUT2D eigenvalue weighted by atomic mass is 79.9. The zero-order valence-corrected chi connectivity index (χ0v) is 20.2. The molecule has 0 aliphatic rings. The van der Waals surface area contributed by atoms with Crippen molar-refractivity contribution in [2.75, 3.05) is 13.1 Å². The number of aryl methyl sites for hydroxylation is 1. The smallest absolute Gasteiger partial charge is 0.358 e. The molecule has 3 aromatic heterocycles. The first-order valence-electron chi connectivity index (χ1n) is 9.92. The summed E-state index contributed by atoms with van der Waals surface area (Å²) in [5.41, 5.74) is 0.798. The Morgan fingerprint density at radius 2 is 1.71 bits per heavy atom. The highest BCUT2D eigenvalue weighted by Gasteiger charge is 2.25. The van der Waals surface area contributed by atoms with E-state index in [1.54, 1.807) is 6.92 Å². The Kier molecular flexibility index (Phi) is 7.52. The lowest BCUT2D eigenvalue weighted by molar-refractivity contribution is -0.390. The van der Waals surface area contributed by atoms with E-state index in [-0.39, 0.29) is 65.3 Å². The van der Waals surface area contributed by atoms with Crippen LogP contribution >= 0.6 is 15.9 Å². The van der Waals surface area contributed by atoms with Crippen LogP contribution in [0.1, 0.15) is 33.6 Å². The van der Waals surface area contributed by atoms with Crippen LogP contribution in [0.3, 0.4) is 0 Å². The fraction of sp³-hybridized carbons (Fsp3) is 0.412. The number of nitrogens with zero attached hydrogens (tertiary/aromatic N) is 8. The minimum absolute atomic E-state index is 0.0386. The number of halogens is 1. The van der Waals surface area contributed by atoms with Gasteiger partial charge in [0.1, 0.15) is 29.0 Å². The number of hydrogen-bond donors (Lipinski definition) is 2. The number of aromatic nitrogens is 6. The summed E-state index contributed by atoms with van der Waals surface area (Å²) >= 11 is 3.11. The van der Waals surface area contributed by atoms with Gasteiger partial charge in [0.2, 0.25) is 5.91 Å². The van der Waals surface area contributed by atoms with Gasteiger partial charge in [0.05, 0.1) is 15.7 Å². The quantitative estimate of drug-likeness (QED) is 0.200. The first-order chi connectivity index (χ1) is 16.5. The van der Waals surface area contributed by atoms with Gasteiger partial charge in [-0.2, -0.15) is 14.8 Å². The van der Waals surface area contributed by atoms with E-state index in [9.17, 15) is 29.8 Å². The van der Waals surface area contributed by atoms with Crippen molar-refractivity contribution < 1.29 is 24.0 Å². The fourth-order valence-corrected chi connectivity index (χ4v) is 3.50. The lowest BCUT2D eigenvalue weighted by Crippen LogP contribution is -2.36. The van der Waals surface area contributed by atoms with Crippen LogP contribution in [0.2, 0.25) is 0 Å². The van der Waals surface area contributed by atoms with Gasteiger partial charge in [-0.25, -0.2) is 0 Å². The van der Waals surface area contributed by atoms with E-state index in [1.165, 1.54) is 23.2 Å². The molecule has 2 N–H and O–H groups in total. The highest BCUT2D eigenvalue weighted by molar-refractivity contribution is 9.10. The summed E-state index contributed by atoms with van der Waals surface area (Å²) in [5, 5.41) is 38.6. The zero-order chi connectivity index (χ0) is 25.9. The molecule has 18 heteroatoms. The fourth-order valence-electron chi connectivity index (χ4n) is 3.07. The van der Waals surface area contributed by atoms with Crippen LogP contribution in [0.4, 0.5) is 11.5 Å². The molecule has 0 aliphatic heterocycles. The van der Waals surface area contributed by atoms with E-state index in [1.807, 2.05) is 0 Å². The number of hydrogen-bond acceptors (Lipinski definition) is 11. The van der Waals surface area contributed by atoms with Gasteiger partial charge in [-0.05, 0) is 41.6 Å². The van der Waals surface area contributed by atoms with Crippen molar-refractivity contribution in [1.29, 1.82) is 0 Å². The molecular weight excluding hydrogens is 536 g/mol. The van der Waals surface area contributed by atoms with E-state index in [4.69, 9.17) is 4.52 Å². The van der Waals surface area contributed by atoms with E-state index < -0.39 is 21.7 Å². The SMILES string of the molecule is Cc1nn(CC(=O)NCCNC(=O)c2nc(Cn3nc([N+](=O)[O-])c(Br)c3C)no2)c(C)c1[N+](=O)[O-]. The predicted molar refractivity (Wildman–Crippen MR) is 118 cm³/mol. The molecule has 0 saturated heterocycles. The van der Waals surface area contributed by atoms with Gasteiger partial charge >= 0.3 is 23.3 Å². The Labute approximate surface area is 204 Å². The molecule has 3 aromatic rings. The lowest BCUT2D eigenvalue weighted by Gasteiger charge is -2.06. The van der Waals surface area contributed by atoms with Crippen molar-refractivity contribution in [2.45, 2.75) is 33.9 Å². The highest BCUT2D eigenvalue weighted by Crippen LogP contribution is 2.27. The molecule has 3 heterocycles. The first kappa shape index (κ1) is 25.4. The largest absolute Gasteiger partial charge is 0.404 e. The van der Waals surface area contributed by atoms with Gasteiger partial charge in [0, 0.05) is 13.1 Å². The number of carbonyl (C=O) groups excluding carboxylic acids is 2. The molecule has 2 amide bonds. The molecule has 186 valence electrons. The molecule has 0 unspecified atom stereocenters. The molecule has 0 saturated carbocycles. The summed E-state index contributed by atoms with van der Waals surface area (Å²) in [6.45, 7) is 4.42. The average molecular weight is 555 g/mol. The van der Waals surface area contributed by atoms with E-state index >= 15 is 0 Å². The Hall–Kier alpha value is -4.22. The maximum absolute atomic E-state index is 12.2. The Bertz CT molecular complexity index is 1310. The van der Waals surface area contributed by atoms with Crippen LogP contribution in [0, 0.1) is 41.0 Å². The molecule has 0 atom stereocenters. The van der Waals surface area contributed by atoms with Crippen molar-refractivity contribution in [2.24, 2.45) is 0 Å². The summed E-state index contributed by atoms with van der Waals surface area (Å²) < 4.78 is 7.66. The van der Waals surface area contributed by atoms with Gasteiger partial charge in [0.15, 0.2) is 5.82 Å². The molecule has 17 nitrogen and oxygen atoms in total. The van der Waals surface area contributed by atoms with Crippen LogP contribution in [0.15, 0.2) is 9.00 Å². The molecule has 0 bridgehead atoms. The lowest BCUT2D eigenvalue weighted by atomic mass is 10.3. The molecule has 3 rings (SSSR count). The van der Waals surface area contributed by atoms with E-state index in [0.717, 1.165) is 0 Å². The number of carbonyl (C=O) groups is 2. The number of nitro groups is 2. The number of rotatable bonds is 10. The summed E-state index contributed by atoms with van der Waals surface area (Å²) in [6, 6.07) is 0. The van der Waals surface area contributed by atoms with Crippen LogP contribution in [0.25, 0.3) is 0 Å². The van der Waals surface area contributed by atoms with E-state index in [2.05, 4.69) is 46.9 Å². The van der Waals surface area contributed by atoms with Crippen LogP contribution in [-0.2, 0) is 17.9 Å². The Morgan fingerprint density at radius 3 is 2.31 bits per heavy atom. The van der Waals surface area contributed by atoms with Crippen molar-refractivity contribution in [1.82, 2.24) is 40.3 Å². The predicted octanol–water partition coefficient (Wildman–Crippen LogP) is 0.561. The zero-order valence-electron chi connectivity index (χ0n) is 18.6. The molecule has 0 aromatic carbocycles. The average Bonchev–Trinajstić information content (AvgIpc) is 3.44. The summed E-state index contributed by atoms with van der Waals surface area (Å²) in [7, 11) is 0. The van der Waals surface area contributed by atoms with Gasteiger partial charge in [-0.3, -0.25) is 24.4 Å². The Morgan fingerprint density at radius 1 is 1.03 bits per heavy atom. The standard InChI is InChI=1S/C17H19BrN10O7/c1-8-14(27(31)32)10(3)26(22-8)7-12(29)19-4-5-20-16(30)17-21-11(24-35-17)6-25-9(2)13(18)15(23-25)28(33)34/h4-7H2,1-3H3,(H,19,29)(H,20,30). The molecule has 0 aliphatic carbocycles. The third-order valence-electron chi connectivity index (χ3n) is 4.79. The monoisotopic (exact) mass is 554 g/mol. The minimum atomic E-state index is -0.684. The second-order valence-corrected chi connectivity index (χ2v) is 7.99.